The molecule has 1 amide bonds. The van der Waals surface area contributed by atoms with Gasteiger partial charge >= 0.3 is 0 Å². The van der Waals surface area contributed by atoms with Crippen molar-refractivity contribution in [3.63, 3.8) is 0 Å². The van der Waals surface area contributed by atoms with E-state index in [0.717, 1.165) is 25.7 Å². The van der Waals surface area contributed by atoms with Gasteiger partial charge in [0, 0.05) is 5.38 Å². The van der Waals surface area contributed by atoms with Crippen LogP contribution in [0.1, 0.15) is 44.2 Å². The maximum absolute atomic E-state index is 11.0. The molecule has 1 saturated carbocycles. The molecule has 0 spiro atoms. The zero-order valence-electron chi connectivity index (χ0n) is 11.0. The van der Waals surface area contributed by atoms with Crippen LogP contribution in [-0.2, 0) is 14.4 Å². The minimum atomic E-state index is 0.0319. The van der Waals surface area contributed by atoms with E-state index in [2.05, 4.69) is 15.5 Å². The van der Waals surface area contributed by atoms with Crippen molar-refractivity contribution in [2.75, 3.05) is 5.32 Å². The monoisotopic (exact) mass is 294 g/mol. The van der Waals surface area contributed by atoms with Crippen molar-refractivity contribution < 1.29 is 14.4 Å². The van der Waals surface area contributed by atoms with Gasteiger partial charge < -0.3 is 10.2 Å². The van der Waals surface area contributed by atoms with Gasteiger partial charge in [0.15, 0.2) is 10.8 Å². The second-order valence-corrected chi connectivity index (χ2v) is 5.42. The van der Waals surface area contributed by atoms with Gasteiger partial charge in [0.2, 0.25) is 6.41 Å². The number of nitrogens with zero attached hydrogens (tertiary/aromatic N) is 2. The van der Waals surface area contributed by atoms with Crippen molar-refractivity contribution in [1.82, 2.24) is 4.98 Å². The van der Waals surface area contributed by atoms with Gasteiger partial charge in [-0.05, 0) is 25.7 Å². The summed E-state index contributed by atoms with van der Waals surface area (Å²) in [5.74, 6) is 0. The van der Waals surface area contributed by atoms with Crippen molar-refractivity contribution in [2.45, 2.75) is 44.6 Å². The summed E-state index contributed by atoms with van der Waals surface area (Å²) in [7, 11) is 0. The second-order valence-electron chi connectivity index (χ2n) is 4.56. The average molecular weight is 294 g/mol. The highest BCUT2D eigenvalue weighted by molar-refractivity contribution is 7.14. The number of rotatable bonds is 6. The summed E-state index contributed by atoms with van der Waals surface area (Å²) in [5.41, 5.74) is 0.396. The lowest BCUT2D eigenvalue weighted by Gasteiger charge is -2.11. The fourth-order valence-corrected chi connectivity index (χ4v) is 2.75. The van der Waals surface area contributed by atoms with Gasteiger partial charge in [0.05, 0.1) is 0 Å². The van der Waals surface area contributed by atoms with E-state index in [0.29, 0.717) is 17.2 Å². The van der Waals surface area contributed by atoms with Crippen LogP contribution in [0.15, 0.2) is 10.5 Å². The first-order chi connectivity index (χ1) is 9.83. The number of hydrogen-bond donors (Lipinski definition) is 1. The van der Waals surface area contributed by atoms with E-state index >= 15 is 0 Å². The summed E-state index contributed by atoms with van der Waals surface area (Å²) in [6.45, 7) is 0. The quantitative estimate of drug-likeness (QED) is 0.378. The minimum absolute atomic E-state index is 0.0319. The first-order valence-corrected chi connectivity index (χ1v) is 7.49. The van der Waals surface area contributed by atoms with Crippen LogP contribution in [0.4, 0.5) is 5.13 Å². The lowest BCUT2D eigenvalue weighted by molar-refractivity contribution is -0.105. The Labute approximate surface area is 121 Å². The lowest BCUT2D eigenvalue weighted by atomic mass is 10.2. The zero-order valence-corrected chi connectivity index (χ0v) is 11.8. The highest BCUT2D eigenvalue weighted by atomic mass is 32.1. The zero-order chi connectivity index (χ0) is 14.2. The molecule has 107 valence electrons. The summed E-state index contributed by atoms with van der Waals surface area (Å²) in [6.07, 6.45) is 8.96. The van der Waals surface area contributed by atoms with Crippen molar-refractivity contribution >= 4 is 34.9 Å². The number of carbonyl (C=O) groups is 1. The Bertz CT molecular complexity index is 479. The maximum atomic E-state index is 11.0. The van der Waals surface area contributed by atoms with Crippen LogP contribution in [0.5, 0.6) is 0 Å². The molecular formula is C13H16N3O3S. The van der Waals surface area contributed by atoms with Crippen LogP contribution in [0, 0.1) is 0 Å². The van der Waals surface area contributed by atoms with E-state index in [1.54, 1.807) is 11.7 Å². The third-order valence-electron chi connectivity index (χ3n) is 3.12. The van der Waals surface area contributed by atoms with Crippen LogP contribution in [0.3, 0.4) is 0 Å². The highest BCUT2D eigenvalue weighted by Gasteiger charge is 2.15. The Hall–Kier alpha value is -1.76. The molecule has 1 radical (unpaired) electrons. The molecule has 0 aromatic carbocycles. The standard InChI is InChI=1S/C13H16N3O3S/c17-7-11(12-8-20-13(15-12)14-9-18)16-19-10-5-3-1-2-4-6-10/h8-10H,1-6H2,(H,14,15,18)/b16-11+. The van der Waals surface area contributed by atoms with Crippen LogP contribution in [0.25, 0.3) is 0 Å². The number of nitrogens with one attached hydrogen (secondary N) is 1. The van der Waals surface area contributed by atoms with Crippen LogP contribution < -0.4 is 5.32 Å². The molecule has 1 fully saturated rings. The Morgan fingerprint density at radius 3 is 2.85 bits per heavy atom. The smallest absolute Gasteiger partial charge is 0.259 e. The molecule has 0 unspecified atom stereocenters. The topological polar surface area (TPSA) is 80.6 Å². The SMILES string of the molecule is O=[C]/C(=N\OC1CCCCCC1)c1csc(NC=O)n1. The molecule has 0 saturated heterocycles. The Balaban J connectivity index is 2.00. The molecule has 2 rings (SSSR count). The number of thiazole rings is 1. The van der Waals surface area contributed by atoms with E-state index in [1.165, 1.54) is 24.2 Å². The number of aromatic nitrogens is 1. The van der Waals surface area contributed by atoms with Gasteiger partial charge in [0.25, 0.3) is 6.29 Å². The molecule has 1 heterocycles. The highest BCUT2D eigenvalue weighted by Crippen LogP contribution is 2.20. The van der Waals surface area contributed by atoms with Crippen molar-refractivity contribution in [1.29, 1.82) is 0 Å². The van der Waals surface area contributed by atoms with Crippen LogP contribution in [0.2, 0.25) is 0 Å². The third kappa shape index (κ3) is 4.12. The predicted molar refractivity (Wildman–Crippen MR) is 76.6 cm³/mol. The normalized spacial score (nSPS) is 17.3. The summed E-state index contributed by atoms with van der Waals surface area (Å²) in [4.78, 5) is 30.8. The van der Waals surface area contributed by atoms with Crippen molar-refractivity contribution in [3.8, 4) is 0 Å². The van der Waals surface area contributed by atoms with E-state index < -0.39 is 0 Å². The summed E-state index contributed by atoms with van der Waals surface area (Å²) >= 11 is 1.21. The van der Waals surface area contributed by atoms with Gasteiger partial charge in [-0.1, -0.05) is 18.0 Å². The lowest BCUT2D eigenvalue weighted by Crippen LogP contribution is -2.11. The molecule has 0 aliphatic heterocycles. The Kier molecular flexibility index (Phi) is 5.67. The van der Waals surface area contributed by atoms with Gasteiger partial charge in [0.1, 0.15) is 11.8 Å². The Morgan fingerprint density at radius 2 is 2.20 bits per heavy atom. The van der Waals surface area contributed by atoms with Gasteiger partial charge in [-0.15, -0.1) is 11.3 Å². The molecule has 1 aliphatic rings. The summed E-state index contributed by atoms with van der Waals surface area (Å²) in [5, 5.41) is 8.33. The van der Waals surface area contributed by atoms with Gasteiger partial charge in [-0.25, -0.2) is 4.98 Å². The second kappa shape index (κ2) is 7.74. The van der Waals surface area contributed by atoms with Gasteiger partial charge in [-0.2, -0.15) is 0 Å². The summed E-state index contributed by atoms with van der Waals surface area (Å²) in [6, 6.07) is 0. The van der Waals surface area contributed by atoms with E-state index in [9.17, 15) is 9.59 Å². The number of carbonyl (C=O) groups excluding carboxylic acids is 2. The van der Waals surface area contributed by atoms with Crippen LogP contribution in [-0.4, -0.2) is 29.5 Å². The fraction of sp³-hybridized carbons (Fsp3) is 0.538. The average Bonchev–Trinajstić information content (AvgIpc) is 2.75. The number of amides is 1. The molecule has 20 heavy (non-hydrogen) atoms. The minimum Gasteiger partial charge on any atom is -0.392 e. The molecule has 7 heteroatoms. The van der Waals surface area contributed by atoms with Crippen molar-refractivity contribution in [2.24, 2.45) is 5.16 Å². The number of hydrogen-bond acceptors (Lipinski definition) is 6. The molecule has 0 atom stereocenters. The van der Waals surface area contributed by atoms with Crippen molar-refractivity contribution in [3.05, 3.63) is 11.1 Å². The molecule has 1 aromatic rings. The molecule has 6 nitrogen and oxygen atoms in total. The van der Waals surface area contributed by atoms with E-state index in [4.69, 9.17) is 4.84 Å². The number of anilines is 1. The van der Waals surface area contributed by atoms with Gasteiger partial charge in [-0.3, -0.25) is 9.59 Å². The third-order valence-corrected chi connectivity index (χ3v) is 3.89. The molecule has 0 bridgehead atoms. The largest absolute Gasteiger partial charge is 0.392 e. The molecular weight excluding hydrogens is 278 g/mol. The number of oxime groups is 1. The molecule has 1 N–H and O–H groups in total. The predicted octanol–water partition coefficient (Wildman–Crippen LogP) is 2.26. The first kappa shape index (κ1) is 14.6. The first-order valence-electron chi connectivity index (χ1n) is 6.61. The molecule has 1 aliphatic carbocycles. The fourth-order valence-electron chi connectivity index (χ4n) is 2.09. The molecule has 1 aromatic heterocycles. The van der Waals surface area contributed by atoms with E-state index in [1.807, 2.05) is 0 Å². The summed E-state index contributed by atoms with van der Waals surface area (Å²) < 4.78 is 0. The van der Waals surface area contributed by atoms with E-state index in [-0.39, 0.29) is 11.8 Å². The maximum Gasteiger partial charge on any atom is 0.259 e. The van der Waals surface area contributed by atoms with Crippen LogP contribution >= 0.6 is 11.3 Å². The Morgan fingerprint density at radius 1 is 1.45 bits per heavy atom.